The van der Waals surface area contributed by atoms with Gasteiger partial charge in [-0.2, -0.15) is 0 Å². The van der Waals surface area contributed by atoms with E-state index in [-0.39, 0.29) is 12.2 Å². The summed E-state index contributed by atoms with van der Waals surface area (Å²) < 4.78 is 13.8. The van der Waals surface area contributed by atoms with Crippen LogP contribution in [0.25, 0.3) is 0 Å². The van der Waals surface area contributed by atoms with Gasteiger partial charge in [0.05, 0.1) is 16.4 Å². The number of amides is 2. The number of carbonyl (C=O) groups excluding carboxylic acids is 2. The summed E-state index contributed by atoms with van der Waals surface area (Å²) in [5, 5.41) is 3.27. The molecule has 0 bridgehead atoms. The fourth-order valence-corrected chi connectivity index (χ4v) is 2.30. The first-order chi connectivity index (χ1) is 10.9. The van der Waals surface area contributed by atoms with Gasteiger partial charge in [-0.25, -0.2) is 4.39 Å². The van der Waals surface area contributed by atoms with Crippen molar-refractivity contribution >= 4 is 46.4 Å². The number of benzene rings is 2. The van der Waals surface area contributed by atoms with E-state index in [9.17, 15) is 14.0 Å². The second kappa shape index (κ2) is 7.44. The third-order valence-corrected chi connectivity index (χ3v) is 3.59. The van der Waals surface area contributed by atoms with Crippen LogP contribution < -0.4 is 10.2 Å². The molecule has 0 fully saturated rings. The summed E-state index contributed by atoms with van der Waals surface area (Å²) in [6.07, 6.45) is 0. The molecule has 0 atom stereocenters. The first-order valence-corrected chi connectivity index (χ1v) is 7.41. The molecule has 0 aliphatic rings. The first kappa shape index (κ1) is 17.2. The molecule has 0 aliphatic carbocycles. The fraction of sp³-hybridized carbons (Fsp3) is 0.125. The van der Waals surface area contributed by atoms with Crippen molar-refractivity contribution in [3.8, 4) is 0 Å². The maximum Gasteiger partial charge on any atom is 0.244 e. The van der Waals surface area contributed by atoms with Gasteiger partial charge in [0.15, 0.2) is 0 Å². The smallest absolute Gasteiger partial charge is 0.244 e. The van der Waals surface area contributed by atoms with Gasteiger partial charge < -0.3 is 10.2 Å². The average molecular weight is 355 g/mol. The Morgan fingerprint density at radius 2 is 1.87 bits per heavy atom. The highest BCUT2D eigenvalue weighted by Crippen LogP contribution is 2.25. The van der Waals surface area contributed by atoms with Gasteiger partial charge in [-0.3, -0.25) is 9.59 Å². The molecule has 2 rings (SSSR count). The summed E-state index contributed by atoms with van der Waals surface area (Å²) >= 11 is 11.8. The predicted octanol–water partition coefficient (Wildman–Crippen LogP) is 4.12. The number of hydrogen-bond acceptors (Lipinski definition) is 2. The number of nitrogens with one attached hydrogen (secondary N) is 1. The molecular formula is C16H13Cl2FN2O2. The molecule has 0 aromatic heterocycles. The van der Waals surface area contributed by atoms with Crippen molar-refractivity contribution in [2.75, 3.05) is 16.8 Å². The highest BCUT2D eigenvalue weighted by molar-refractivity contribution is 6.35. The summed E-state index contributed by atoms with van der Waals surface area (Å²) in [7, 11) is 0. The molecule has 23 heavy (non-hydrogen) atoms. The van der Waals surface area contributed by atoms with Gasteiger partial charge in [-0.05, 0) is 30.3 Å². The quantitative estimate of drug-likeness (QED) is 0.897. The number of hydrogen-bond donors (Lipinski definition) is 1. The Bertz CT molecular complexity index is 753. The minimum Gasteiger partial charge on any atom is -0.323 e. The van der Waals surface area contributed by atoms with Crippen molar-refractivity contribution in [3.05, 3.63) is 58.3 Å². The summed E-state index contributed by atoms with van der Waals surface area (Å²) in [6, 6.07) is 10.3. The second-order valence-electron chi connectivity index (χ2n) is 4.73. The number of para-hydroxylation sites is 1. The Labute approximate surface area is 142 Å². The number of carbonyl (C=O) groups is 2. The number of nitrogens with zero attached hydrogens (tertiary/aromatic N) is 1. The van der Waals surface area contributed by atoms with Crippen LogP contribution in [0.3, 0.4) is 0 Å². The Morgan fingerprint density at radius 1 is 1.17 bits per heavy atom. The monoisotopic (exact) mass is 354 g/mol. The van der Waals surface area contributed by atoms with Crippen molar-refractivity contribution in [2.24, 2.45) is 0 Å². The van der Waals surface area contributed by atoms with E-state index in [1.807, 2.05) is 0 Å². The lowest BCUT2D eigenvalue weighted by Gasteiger charge is -2.21. The van der Waals surface area contributed by atoms with E-state index in [4.69, 9.17) is 23.2 Å². The second-order valence-corrected chi connectivity index (χ2v) is 5.57. The third kappa shape index (κ3) is 4.43. The van der Waals surface area contributed by atoms with Crippen LogP contribution in [0.15, 0.2) is 42.5 Å². The maximum absolute atomic E-state index is 13.8. The maximum atomic E-state index is 13.8. The molecule has 1 N–H and O–H groups in total. The van der Waals surface area contributed by atoms with Crippen LogP contribution >= 0.6 is 23.2 Å². The minimum absolute atomic E-state index is 0.0346. The van der Waals surface area contributed by atoms with Crippen LogP contribution in [0.4, 0.5) is 15.8 Å². The highest BCUT2D eigenvalue weighted by Gasteiger charge is 2.19. The summed E-state index contributed by atoms with van der Waals surface area (Å²) in [6.45, 7) is 0.908. The Kier molecular flexibility index (Phi) is 5.58. The zero-order chi connectivity index (χ0) is 17.0. The average Bonchev–Trinajstić information content (AvgIpc) is 2.49. The molecule has 0 saturated carbocycles. The van der Waals surface area contributed by atoms with Crippen molar-refractivity contribution < 1.29 is 14.0 Å². The number of halogens is 3. The van der Waals surface area contributed by atoms with Crippen LogP contribution in [0.1, 0.15) is 6.92 Å². The van der Waals surface area contributed by atoms with Gasteiger partial charge in [0.2, 0.25) is 11.8 Å². The minimum atomic E-state index is -0.587. The van der Waals surface area contributed by atoms with Crippen LogP contribution in [0.5, 0.6) is 0 Å². The van der Waals surface area contributed by atoms with Gasteiger partial charge >= 0.3 is 0 Å². The molecule has 0 saturated heterocycles. The Hall–Kier alpha value is -2.11. The van der Waals surface area contributed by atoms with Crippen LogP contribution in [-0.2, 0) is 9.59 Å². The zero-order valence-corrected chi connectivity index (χ0v) is 13.7. The van der Waals surface area contributed by atoms with Gasteiger partial charge in [-0.1, -0.05) is 35.3 Å². The topological polar surface area (TPSA) is 49.4 Å². The van der Waals surface area contributed by atoms with Crippen molar-refractivity contribution in [1.29, 1.82) is 0 Å². The van der Waals surface area contributed by atoms with Gasteiger partial charge in [0.1, 0.15) is 12.4 Å². The predicted molar refractivity (Wildman–Crippen MR) is 89.5 cm³/mol. The van der Waals surface area contributed by atoms with E-state index in [0.717, 1.165) is 4.90 Å². The third-order valence-electron chi connectivity index (χ3n) is 3.03. The molecule has 0 radical (unpaired) electrons. The van der Waals surface area contributed by atoms with Gasteiger partial charge in [0, 0.05) is 11.9 Å². The summed E-state index contributed by atoms with van der Waals surface area (Å²) in [5.41, 5.74) is 0.355. The van der Waals surface area contributed by atoms with Crippen LogP contribution in [0, 0.1) is 5.82 Å². The van der Waals surface area contributed by atoms with E-state index >= 15 is 0 Å². The molecule has 0 aliphatic heterocycles. The van der Waals surface area contributed by atoms with E-state index in [1.165, 1.54) is 31.2 Å². The highest BCUT2D eigenvalue weighted by atomic mass is 35.5. The van der Waals surface area contributed by atoms with E-state index in [1.54, 1.807) is 18.2 Å². The molecule has 7 heteroatoms. The van der Waals surface area contributed by atoms with Crippen LogP contribution in [0.2, 0.25) is 10.0 Å². The normalized spacial score (nSPS) is 10.3. The Morgan fingerprint density at radius 3 is 2.52 bits per heavy atom. The molecule has 2 aromatic rings. The number of anilines is 2. The lowest BCUT2D eigenvalue weighted by molar-refractivity contribution is -0.120. The van der Waals surface area contributed by atoms with E-state index in [2.05, 4.69) is 5.32 Å². The lowest BCUT2D eigenvalue weighted by Crippen LogP contribution is -2.37. The molecule has 120 valence electrons. The largest absolute Gasteiger partial charge is 0.323 e. The molecule has 2 amide bonds. The summed E-state index contributed by atoms with van der Waals surface area (Å²) in [4.78, 5) is 24.9. The SMILES string of the molecule is CC(=O)N(CC(=O)Nc1cc(Cl)ccc1Cl)c1ccccc1F. The van der Waals surface area contributed by atoms with Crippen molar-refractivity contribution in [1.82, 2.24) is 0 Å². The zero-order valence-electron chi connectivity index (χ0n) is 12.1. The molecular weight excluding hydrogens is 342 g/mol. The first-order valence-electron chi connectivity index (χ1n) is 6.66. The summed E-state index contributed by atoms with van der Waals surface area (Å²) in [5.74, 6) is -1.56. The Balaban J connectivity index is 2.18. The fourth-order valence-electron chi connectivity index (χ4n) is 1.96. The van der Waals surface area contributed by atoms with Gasteiger partial charge in [0.25, 0.3) is 0 Å². The molecule has 0 heterocycles. The molecule has 0 unspecified atom stereocenters. The number of rotatable bonds is 4. The molecule has 4 nitrogen and oxygen atoms in total. The molecule has 2 aromatic carbocycles. The van der Waals surface area contributed by atoms with Crippen molar-refractivity contribution in [3.63, 3.8) is 0 Å². The molecule has 0 spiro atoms. The lowest BCUT2D eigenvalue weighted by atomic mass is 10.2. The van der Waals surface area contributed by atoms with Crippen LogP contribution in [-0.4, -0.2) is 18.4 Å². The van der Waals surface area contributed by atoms with E-state index in [0.29, 0.717) is 15.7 Å². The standard InChI is InChI=1S/C16H13Cl2FN2O2/c1-10(22)21(15-5-3-2-4-13(15)19)9-16(23)20-14-8-11(17)6-7-12(14)18/h2-8H,9H2,1H3,(H,20,23). The van der Waals surface area contributed by atoms with Gasteiger partial charge in [-0.15, -0.1) is 0 Å². The van der Waals surface area contributed by atoms with Crippen molar-refractivity contribution in [2.45, 2.75) is 6.92 Å². The van der Waals surface area contributed by atoms with E-state index < -0.39 is 17.6 Å².